The van der Waals surface area contributed by atoms with E-state index in [4.69, 9.17) is 9.98 Å². The van der Waals surface area contributed by atoms with Gasteiger partial charge in [-0.05, 0) is 42.0 Å². The van der Waals surface area contributed by atoms with Crippen LogP contribution in [0.4, 0.5) is 15.8 Å². The number of aliphatic imine (C=N–C) groups is 2. The second kappa shape index (κ2) is 6.32. The summed E-state index contributed by atoms with van der Waals surface area (Å²) in [6.45, 7) is 0. The second-order valence-corrected chi connectivity index (χ2v) is 5.81. The van der Waals surface area contributed by atoms with Gasteiger partial charge in [-0.25, -0.2) is 4.39 Å². The number of rotatable bonds is 2. The van der Waals surface area contributed by atoms with Gasteiger partial charge in [0, 0.05) is 12.0 Å². The molecule has 3 aromatic carbocycles. The third kappa shape index (κ3) is 3.06. The monoisotopic (exact) mass is 330 g/mol. The lowest BCUT2D eigenvalue weighted by molar-refractivity contribution is 0.474. The van der Waals surface area contributed by atoms with Gasteiger partial charge in [-0.15, -0.1) is 0 Å². The van der Waals surface area contributed by atoms with Crippen LogP contribution in [0.15, 0.2) is 82.8 Å². The highest BCUT2D eigenvalue weighted by molar-refractivity contribution is 6.21. The lowest BCUT2D eigenvalue weighted by Gasteiger charge is -2.09. The zero-order valence-electron chi connectivity index (χ0n) is 13.4. The molecule has 0 aliphatic carbocycles. The van der Waals surface area contributed by atoms with E-state index in [1.54, 1.807) is 24.3 Å². The van der Waals surface area contributed by atoms with Crippen LogP contribution in [-0.2, 0) is 0 Å². The fourth-order valence-corrected chi connectivity index (χ4v) is 2.86. The molecule has 0 bridgehead atoms. The molecule has 0 spiro atoms. The summed E-state index contributed by atoms with van der Waals surface area (Å²) < 4.78 is 13.3. The molecule has 3 nitrogen and oxygen atoms in total. The van der Waals surface area contributed by atoms with Crippen LogP contribution < -0.4 is 0 Å². The van der Waals surface area contributed by atoms with Crippen LogP contribution in [0.2, 0.25) is 0 Å². The zero-order valence-corrected chi connectivity index (χ0v) is 13.4. The lowest BCUT2D eigenvalue weighted by atomic mass is 9.99. The van der Waals surface area contributed by atoms with Gasteiger partial charge in [-0.2, -0.15) is 0 Å². The second-order valence-electron chi connectivity index (χ2n) is 5.81. The van der Waals surface area contributed by atoms with E-state index in [1.165, 1.54) is 12.1 Å². The maximum Gasteiger partial charge on any atom is 0.124 e. The number of hydrogen-bond donors (Lipinski definition) is 1. The summed E-state index contributed by atoms with van der Waals surface area (Å²) in [7, 11) is 0. The molecule has 1 N–H and O–H groups in total. The third-order valence-electron chi connectivity index (χ3n) is 4.12. The van der Waals surface area contributed by atoms with E-state index < -0.39 is 0 Å². The van der Waals surface area contributed by atoms with Gasteiger partial charge in [0.25, 0.3) is 0 Å². The van der Waals surface area contributed by atoms with Crippen molar-refractivity contribution in [2.75, 3.05) is 0 Å². The van der Waals surface area contributed by atoms with Crippen LogP contribution in [0.5, 0.6) is 5.75 Å². The number of nitrogens with zero attached hydrogens (tertiary/aromatic N) is 2. The highest BCUT2D eigenvalue weighted by Gasteiger charge is 2.18. The van der Waals surface area contributed by atoms with E-state index in [2.05, 4.69) is 0 Å². The summed E-state index contributed by atoms with van der Waals surface area (Å²) >= 11 is 0. The molecular weight excluding hydrogens is 315 g/mol. The van der Waals surface area contributed by atoms with Gasteiger partial charge >= 0.3 is 0 Å². The Kier molecular flexibility index (Phi) is 3.86. The Bertz CT molecular complexity index is 991. The van der Waals surface area contributed by atoms with Crippen LogP contribution in [-0.4, -0.2) is 16.5 Å². The number of fused-ring (bicyclic) bond motifs is 1. The van der Waals surface area contributed by atoms with Gasteiger partial charge in [-0.3, -0.25) is 9.98 Å². The lowest BCUT2D eigenvalue weighted by Crippen LogP contribution is -2.10. The first kappa shape index (κ1) is 15.3. The van der Waals surface area contributed by atoms with Gasteiger partial charge in [-0.1, -0.05) is 36.4 Å². The number of phenolic OH excluding ortho intramolecular Hbond substituents is 1. The van der Waals surface area contributed by atoms with Crippen molar-refractivity contribution in [1.82, 2.24) is 0 Å². The Morgan fingerprint density at radius 1 is 0.720 bits per heavy atom. The zero-order chi connectivity index (χ0) is 17.2. The molecule has 0 amide bonds. The Balaban J connectivity index is 1.88. The van der Waals surface area contributed by atoms with Crippen molar-refractivity contribution >= 4 is 22.8 Å². The van der Waals surface area contributed by atoms with Crippen LogP contribution in [0.3, 0.4) is 0 Å². The maximum absolute atomic E-state index is 13.3. The number of para-hydroxylation sites is 3. The van der Waals surface area contributed by atoms with Crippen LogP contribution in [0.1, 0.15) is 17.5 Å². The number of aromatic hydroxyl groups is 1. The predicted octanol–water partition coefficient (Wildman–Crippen LogP) is 5.18. The molecule has 0 unspecified atom stereocenters. The molecule has 4 heteroatoms. The first-order chi connectivity index (χ1) is 12.2. The SMILES string of the molecule is Oc1ccccc1C1=Nc2ccccc2N=C(c2ccc(F)cc2)C1. The number of hydrogen-bond acceptors (Lipinski definition) is 3. The molecule has 4 rings (SSSR count). The first-order valence-electron chi connectivity index (χ1n) is 7.99. The smallest absolute Gasteiger partial charge is 0.124 e. The summed E-state index contributed by atoms with van der Waals surface area (Å²) in [4.78, 5) is 9.47. The Morgan fingerprint density at radius 2 is 1.32 bits per heavy atom. The fourth-order valence-electron chi connectivity index (χ4n) is 2.86. The molecule has 1 aliphatic heterocycles. The van der Waals surface area contributed by atoms with E-state index in [-0.39, 0.29) is 11.6 Å². The largest absolute Gasteiger partial charge is 0.507 e. The molecule has 0 atom stereocenters. The molecular formula is C21H15FN2O. The topological polar surface area (TPSA) is 45.0 Å². The van der Waals surface area contributed by atoms with Crippen molar-refractivity contribution in [2.24, 2.45) is 9.98 Å². The van der Waals surface area contributed by atoms with E-state index in [9.17, 15) is 9.50 Å². The molecule has 1 aliphatic rings. The van der Waals surface area contributed by atoms with E-state index in [0.29, 0.717) is 12.0 Å². The minimum atomic E-state index is -0.284. The number of halogens is 1. The molecule has 0 saturated carbocycles. The quantitative estimate of drug-likeness (QED) is 0.691. The van der Waals surface area contributed by atoms with Crippen molar-refractivity contribution in [3.8, 4) is 5.75 Å². The molecule has 0 fully saturated rings. The summed E-state index contributed by atoms with van der Waals surface area (Å²) in [6.07, 6.45) is 0.442. The maximum atomic E-state index is 13.3. The van der Waals surface area contributed by atoms with Gasteiger partial charge in [0.05, 0.1) is 22.8 Å². The Morgan fingerprint density at radius 3 is 2.00 bits per heavy atom. The predicted molar refractivity (Wildman–Crippen MR) is 98.0 cm³/mol. The molecule has 0 saturated heterocycles. The minimum absolute atomic E-state index is 0.180. The van der Waals surface area contributed by atoms with Crippen LogP contribution >= 0.6 is 0 Å². The highest BCUT2D eigenvalue weighted by atomic mass is 19.1. The first-order valence-corrected chi connectivity index (χ1v) is 7.99. The van der Waals surface area contributed by atoms with Crippen LogP contribution in [0, 0.1) is 5.82 Å². The highest BCUT2D eigenvalue weighted by Crippen LogP contribution is 2.33. The number of benzene rings is 3. The van der Waals surface area contributed by atoms with Crippen molar-refractivity contribution in [3.63, 3.8) is 0 Å². The van der Waals surface area contributed by atoms with E-state index in [1.807, 2.05) is 36.4 Å². The molecule has 1 heterocycles. The summed E-state index contributed by atoms with van der Waals surface area (Å²) in [6, 6.07) is 21.0. The molecule has 3 aromatic rings. The fraction of sp³-hybridized carbons (Fsp3) is 0.0476. The molecule has 122 valence electrons. The van der Waals surface area contributed by atoms with Gasteiger partial charge < -0.3 is 5.11 Å². The average molecular weight is 330 g/mol. The standard InChI is InChI=1S/C21H15FN2O/c22-15-11-9-14(10-12-15)19-13-20(16-5-1-4-8-21(16)25)24-18-7-3-2-6-17(18)23-19/h1-12,25H,13H2. The molecule has 25 heavy (non-hydrogen) atoms. The molecule has 0 radical (unpaired) electrons. The molecule has 0 aromatic heterocycles. The third-order valence-corrected chi connectivity index (χ3v) is 4.12. The van der Waals surface area contributed by atoms with Crippen molar-refractivity contribution < 1.29 is 9.50 Å². The van der Waals surface area contributed by atoms with Crippen LogP contribution in [0.25, 0.3) is 0 Å². The summed E-state index contributed by atoms with van der Waals surface area (Å²) in [5.41, 5.74) is 4.53. The van der Waals surface area contributed by atoms with E-state index >= 15 is 0 Å². The number of phenols is 1. The normalized spacial score (nSPS) is 13.5. The summed E-state index contributed by atoms with van der Waals surface area (Å²) in [5, 5.41) is 10.2. The summed E-state index contributed by atoms with van der Waals surface area (Å²) in [5.74, 6) is -0.105. The van der Waals surface area contributed by atoms with Crippen molar-refractivity contribution in [2.45, 2.75) is 6.42 Å². The minimum Gasteiger partial charge on any atom is -0.507 e. The Hall–Kier alpha value is -3.27. The average Bonchev–Trinajstić information content (AvgIpc) is 2.82. The van der Waals surface area contributed by atoms with Crippen molar-refractivity contribution in [1.29, 1.82) is 0 Å². The Labute approximate surface area is 144 Å². The van der Waals surface area contributed by atoms with Gasteiger partial charge in [0.1, 0.15) is 11.6 Å². The van der Waals surface area contributed by atoms with E-state index in [0.717, 1.165) is 28.4 Å². The van der Waals surface area contributed by atoms with Crippen molar-refractivity contribution in [3.05, 3.63) is 89.7 Å². The van der Waals surface area contributed by atoms with Gasteiger partial charge in [0.15, 0.2) is 0 Å². The van der Waals surface area contributed by atoms with Gasteiger partial charge in [0.2, 0.25) is 0 Å².